The van der Waals surface area contributed by atoms with E-state index in [-0.39, 0.29) is 0 Å². The number of rotatable bonds is 3. The standard InChI is InChI=1S/C24H16ClNS/c25-17-8-6-11-19(16-17)26(18-9-2-1-3-10-18)22-14-7-13-21-20-12-4-5-15-23(20)27-24(21)22/h1-16H. The second kappa shape index (κ2) is 6.73. The highest BCUT2D eigenvalue weighted by Crippen LogP contribution is 2.44. The maximum Gasteiger partial charge on any atom is 0.0640 e. The van der Waals surface area contributed by atoms with Crippen LogP contribution in [0.3, 0.4) is 0 Å². The average Bonchev–Trinajstić information content (AvgIpc) is 3.09. The van der Waals surface area contributed by atoms with Crippen molar-refractivity contribution >= 4 is 60.2 Å². The predicted octanol–water partition coefficient (Wildman–Crippen LogP) is 8.18. The van der Waals surface area contributed by atoms with E-state index in [0.717, 1.165) is 16.4 Å². The van der Waals surface area contributed by atoms with Crippen molar-refractivity contribution in [3.8, 4) is 0 Å². The van der Waals surface area contributed by atoms with Crippen LogP contribution < -0.4 is 4.90 Å². The molecule has 0 radical (unpaired) electrons. The van der Waals surface area contributed by atoms with Crippen molar-refractivity contribution in [2.45, 2.75) is 0 Å². The Kier molecular flexibility index (Phi) is 4.08. The molecule has 0 atom stereocenters. The number of fused-ring (bicyclic) bond motifs is 3. The Bertz CT molecular complexity index is 1240. The van der Waals surface area contributed by atoms with Crippen LogP contribution >= 0.6 is 22.9 Å². The van der Waals surface area contributed by atoms with Crippen LogP contribution in [0.5, 0.6) is 0 Å². The first kappa shape index (κ1) is 16.4. The summed E-state index contributed by atoms with van der Waals surface area (Å²) in [6.07, 6.45) is 0. The summed E-state index contributed by atoms with van der Waals surface area (Å²) in [5.74, 6) is 0. The van der Waals surface area contributed by atoms with Crippen LogP contribution in [0.1, 0.15) is 0 Å². The summed E-state index contributed by atoms with van der Waals surface area (Å²) in [7, 11) is 0. The fourth-order valence-corrected chi connectivity index (χ4v) is 4.92. The molecule has 0 saturated carbocycles. The van der Waals surface area contributed by atoms with E-state index >= 15 is 0 Å². The van der Waals surface area contributed by atoms with Gasteiger partial charge in [-0.3, -0.25) is 0 Å². The molecular weight excluding hydrogens is 370 g/mol. The highest BCUT2D eigenvalue weighted by molar-refractivity contribution is 7.26. The molecule has 0 aliphatic rings. The Morgan fingerprint density at radius 2 is 1.33 bits per heavy atom. The predicted molar refractivity (Wildman–Crippen MR) is 119 cm³/mol. The van der Waals surface area contributed by atoms with E-state index in [1.165, 1.54) is 25.9 Å². The van der Waals surface area contributed by atoms with Crippen molar-refractivity contribution in [1.29, 1.82) is 0 Å². The van der Waals surface area contributed by atoms with Crippen LogP contribution in [0.25, 0.3) is 20.2 Å². The first-order valence-corrected chi connectivity index (χ1v) is 10.0. The van der Waals surface area contributed by atoms with Crippen LogP contribution in [-0.2, 0) is 0 Å². The molecule has 5 aromatic rings. The largest absolute Gasteiger partial charge is 0.309 e. The third kappa shape index (κ3) is 2.87. The van der Waals surface area contributed by atoms with Gasteiger partial charge >= 0.3 is 0 Å². The van der Waals surface area contributed by atoms with Crippen molar-refractivity contribution < 1.29 is 0 Å². The zero-order chi connectivity index (χ0) is 18.2. The van der Waals surface area contributed by atoms with E-state index in [9.17, 15) is 0 Å². The number of thiophene rings is 1. The summed E-state index contributed by atoms with van der Waals surface area (Å²) in [6.45, 7) is 0. The molecule has 3 heteroatoms. The Balaban J connectivity index is 1.82. The molecule has 0 aliphatic heterocycles. The first-order chi connectivity index (χ1) is 13.3. The molecule has 0 unspecified atom stereocenters. The lowest BCUT2D eigenvalue weighted by Crippen LogP contribution is -2.09. The lowest BCUT2D eigenvalue weighted by molar-refractivity contribution is 1.30. The van der Waals surface area contributed by atoms with Gasteiger partial charge in [0.2, 0.25) is 0 Å². The number of benzene rings is 4. The zero-order valence-electron chi connectivity index (χ0n) is 14.5. The van der Waals surface area contributed by atoms with Crippen LogP contribution in [0, 0.1) is 0 Å². The van der Waals surface area contributed by atoms with E-state index in [1.54, 1.807) is 0 Å². The second-order valence-corrected chi connectivity index (χ2v) is 7.89. The van der Waals surface area contributed by atoms with Gasteiger partial charge in [-0.15, -0.1) is 11.3 Å². The lowest BCUT2D eigenvalue weighted by Gasteiger charge is -2.26. The van der Waals surface area contributed by atoms with Crippen molar-refractivity contribution in [1.82, 2.24) is 0 Å². The normalized spacial score (nSPS) is 11.1. The van der Waals surface area contributed by atoms with Crippen LogP contribution in [0.4, 0.5) is 17.1 Å². The van der Waals surface area contributed by atoms with E-state index in [1.807, 2.05) is 35.6 Å². The summed E-state index contributed by atoms with van der Waals surface area (Å²) in [5, 5.41) is 3.33. The number of hydrogen-bond donors (Lipinski definition) is 0. The van der Waals surface area contributed by atoms with Crippen LogP contribution in [-0.4, -0.2) is 0 Å². The molecule has 1 nitrogen and oxygen atoms in total. The van der Waals surface area contributed by atoms with Gasteiger partial charge in [-0.2, -0.15) is 0 Å². The molecule has 5 rings (SSSR count). The third-order valence-electron chi connectivity index (χ3n) is 4.71. The van der Waals surface area contributed by atoms with E-state index in [4.69, 9.17) is 11.6 Å². The van der Waals surface area contributed by atoms with E-state index in [2.05, 4.69) is 77.7 Å². The van der Waals surface area contributed by atoms with E-state index < -0.39 is 0 Å². The molecule has 0 amide bonds. The zero-order valence-corrected chi connectivity index (χ0v) is 16.0. The van der Waals surface area contributed by atoms with Gasteiger partial charge in [0.05, 0.1) is 10.4 Å². The molecule has 0 aliphatic carbocycles. The molecule has 1 aromatic heterocycles. The summed E-state index contributed by atoms with van der Waals surface area (Å²) in [4.78, 5) is 2.28. The second-order valence-electron chi connectivity index (χ2n) is 6.40. The summed E-state index contributed by atoms with van der Waals surface area (Å²) in [6, 6.07) is 33.6. The van der Waals surface area contributed by atoms with Gasteiger partial charge in [0.15, 0.2) is 0 Å². The summed E-state index contributed by atoms with van der Waals surface area (Å²) < 4.78 is 2.58. The fraction of sp³-hybridized carbons (Fsp3) is 0. The van der Waals surface area contributed by atoms with Gasteiger partial charge in [0, 0.05) is 31.9 Å². The topological polar surface area (TPSA) is 3.24 Å². The van der Waals surface area contributed by atoms with Gasteiger partial charge in [0.1, 0.15) is 0 Å². The molecular formula is C24H16ClNS. The van der Waals surface area contributed by atoms with Gasteiger partial charge in [0.25, 0.3) is 0 Å². The quantitative estimate of drug-likeness (QED) is 0.302. The Labute approximate surface area is 167 Å². The maximum absolute atomic E-state index is 6.32. The molecule has 0 saturated heterocycles. The van der Waals surface area contributed by atoms with Gasteiger partial charge in [-0.25, -0.2) is 0 Å². The monoisotopic (exact) mass is 385 g/mol. The fourth-order valence-electron chi connectivity index (χ4n) is 3.53. The summed E-state index contributed by atoms with van der Waals surface area (Å²) in [5.41, 5.74) is 3.34. The van der Waals surface area contributed by atoms with Gasteiger partial charge in [-0.1, -0.05) is 66.2 Å². The molecule has 27 heavy (non-hydrogen) atoms. The minimum Gasteiger partial charge on any atom is -0.309 e. The molecule has 0 bridgehead atoms. The summed E-state index contributed by atoms with van der Waals surface area (Å²) >= 11 is 8.16. The molecule has 0 spiro atoms. The molecule has 130 valence electrons. The number of nitrogens with zero attached hydrogens (tertiary/aromatic N) is 1. The Morgan fingerprint density at radius 3 is 2.19 bits per heavy atom. The van der Waals surface area contributed by atoms with Crippen molar-refractivity contribution in [2.75, 3.05) is 4.90 Å². The molecule has 0 fully saturated rings. The van der Waals surface area contributed by atoms with Crippen LogP contribution in [0.15, 0.2) is 97.1 Å². The average molecular weight is 386 g/mol. The SMILES string of the molecule is Clc1cccc(N(c2ccccc2)c2cccc3c2sc2ccccc23)c1. The third-order valence-corrected chi connectivity index (χ3v) is 6.15. The minimum atomic E-state index is 0.733. The van der Waals surface area contributed by atoms with Crippen molar-refractivity contribution in [2.24, 2.45) is 0 Å². The van der Waals surface area contributed by atoms with Crippen molar-refractivity contribution in [3.63, 3.8) is 0 Å². The van der Waals surface area contributed by atoms with E-state index in [0.29, 0.717) is 0 Å². The highest BCUT2D eigenvalue weighted by atomic mass is 35.5. The first-order valence-electron chi connectivity index (χ1n) is 8.82. The maximum atomic E-state index is 6.32. The van der Waals surface area contributed by atoms with Gasteiger partial charge < -0.3 is 4.90 Å². The Hall–Kier alpha value is -2.81. The van der Waals surface area contributed by atoms with Crippen LogP contribution in [0.2, 0.25) is 5.02 Å². The minimum absolute atomic E-state index is 0.733. The van der Waals surface area contributed by atoms with Crippen molar-refractivity contribution in [3.05, 3.63) is 102 Å². The Morgan fingerprint density at radius 1 is 0.630 bits per heavy atom. The smallest absolute Gasteiger partial charge is 0.0640 e. The number of anilines is 3. The molecule has 0 N–H and O–H groups in total. The highest BCUT2D eigenvalue weighted by Gasteiger charge is 2.17. The number of hydrogen-bond acceptors (Lipinski definition) is 2. The molecule has 1 heterocycles. The lowest BCUT2D eigenvalue weighted by atomic mass is 10.1. The number of para-hydroxylation sites is 1. The van der Waals surface area contributed by atoms with Gasteiger partial charge in [-0.05, 0) is 42.5 Å². The number of halogens is 1. The molecule has 4 aromatic carbocycles.